The van der Waals surface area contributed by atoms with Crippen molar-refractivity contribution >= 4 is 0 Å². The maximum Gasteiger partial charge on any atom is 0.161 e. The molecule has 0 saturated carbocycles. The molecule has 1 unspecified atom stereocenters. The number of nitrogens with two attached hydrogens (primary N) is 1. The number of benzene rings is 1. The van der Waals surface area contributed by atoms with Crippen molar-refractivity contribution in [2.45, 2.75) is 32.2 Å². The molecular formula is C17H28N2O2. The van der Waals surface area contributed by atoms with E-state index < -0.39 is 0 Å². The first-order valence-electron chi connectivity index (χ1n) is 7.87. The van der Waals surface area contributed by atoms with E-state index >= 15 is 0 Å². The van der Waals surface area contributed by atoms with E-state index in [2.05, 4.69) is 11.8 Å². The summed E-state index contributed by atoms with van der Waals surface area (Å²) in [5.41, 5.74) is 7.47. The molecule has 1 aromatic rings. The van der Waals surface area contributed by atoms with Gasteiger partial charge in [-0.1, -0.05) is 19.4 Å². The minimum absolute atomic E-state index is 0.0167. The Morgan fingerprint density at radius 1 is 1.19 bits per heavy atom. The first-order chi connectivity index (χ1) is 10.2. The molecule has 1 atom stereocenters. The number of methoxy groups -OCH3 is 2. The van der Waals surface area contributed by atoms with Crippen LogP contribution in [0.1, 0.15) is 37.8 Å². The van der Waals surface area contributed by atoms with E-state index in [1.165, 1.54) is 32.4 Å². The quantitative estimate of drug-likeness (QED) is 0.876. The summed E-state index contributed by atoms with van der Waals surface area (Å²) in [6.07, 6.45) is 3.90. The molecule has 0 radical (unpaired) electrons. The van der Waals surface area contributed by atoms with Gasteiger partial charge in [-0.15, -0.1) is 0 Å². The summed E-state index contributed by atoms with van der Waals surface area (Å²) in [5, 5.41) is 0. The van der Waals surface area contributed by atoms with Gasteiger partial charge in [-0.25, -0.2) is 0 Å². The highest BCUT2D eigenvalue weighted by molar-refractivity contribution is 5.43. The summed E-state index contributed by atoms with van der Waals surface area (Å²) in [6.45, 7) is 5.53. The Morgan fingerprint density at radius 2 is 1.86 bits per heavy atom. The van der Waals surface area contributed by atoms with Gasteiger partial charge in [0.05, 0.1) is 14.2 Å². The van der Waals surface area contributed by atoms with E-state index in [0.717, 1.165) is 29.5 Å². The normalized spacial score (nSPS) is 18.5. The Balaban J connectivity index is 1.95. The van der Waals surface area contributed by atoms with Gasteiger partial charge in [0.2, 0.25) is 0 Å². The molecule has 118 valence electrons. The highest BCUT2D eigenvalue weighted by Gasteiger charge is 2.20. The van der Waals surface area contributed by atoms with Crippen LogP contribution in [0.3, 0.4) is 0 Å². The van der Waals surface area contributed by atoms with Gasteiger partial charge in [0.15, 0.2) is 11.5 Å². The lowest BCUT2D eigenvalue weighted by Crippen LogP contribution is -2.38. The van der Waals surface area contributed by atoms with Gasteiger partial charge < -0.3 is 20.1 Å². The molecule has 1 saturated heterocycles. The van der Waals surface area contributed by atoms with Crippen molar-refractivity contribution in [1.82, 2.24) is 4.90 Å². The van der Waals surface area contributed by atoms with E-state index in [0.29, 0.717) is 0 Å². The van der Waals surface area contributed by atoms with Gasteiger partial charge in [-0.3, -0.25) is 0 Å². The van der Waals surface area contributed by atoms with E-state index in [-0.39, 0.29) is 6.04 Å². The molecule has 4 nitrogen and oxygen atoms in total. The van der Waals surface area contributed by atoms with E-state index in [4.69, 9.17) is 15.2 Å². The molecule has 2 rings (SSSR count). The number of hydrogen-bond acceptors (Lipinski definition) is 4. The predicted octanol–water partition coefficient (Wildman–Crippen LogP) is 2.83. The van der Waals surface area contributed by atoms with Crippen LogP contribution < -0.4 is 15.2 Å². The summed E-state index contributed by atoms with van der Waals surface area (Å²) in [6, 6.07) is 5.97. The molecule has 1 heterocycles. The number of piperidine rings is 1. The smallest absolute Gasteiger partial charge is 0.161 e. The van der Waals surface area contributed by atoms with Crippen molar-refractivity contribution < 1.29 is 9.47 Å². The zero-order valence-electron chi connectivity index (χ0n) is 13.5. The Kier molecular flexibility index (Phi) is 5.88. The molecule has 1 aliphatic rings. The molecule has 1 fully saturated rings. The second-order valence-electron chi connectivity index (χ2n) is 5.87. The Morgan fingerprint density at radius 3 is 2.43 bits per heavy atom. The van der Waals surface area contributed by atoms with Crippen LogP contribution in [0, 0.1) is 5.92 Å². The fraction of sp³-hybridized carbons (Fsp3) is 0.647. The number of rotatable bonds is 6. The molecule has 0 amide bonds. The number of hydrogen-bond donors (Lipinski definition) is 1. The zero-order chi connectivity index (χ0) is 15.2. The van der Waals surface area contributed by atoms with Crippen LogP contribution in [0.2, 0.25) is 0 Å². The first-order valence-corrected chi connectivity index (χ1v) is 7.87. The molecule has 0 spiro atoms. The first kappa shape index (κ1) is 16.1. The number of nitrogens with zero attached hydrogens (tertiary/aromatic N) is 1. The Hall–Kier alpha value is -1.26. The third-order valence-electron chi connectivity index (χ3n) is 4.58. The summed E-state index contributed by atoms with van der Waals surface area (Å²) in [4.78, 5) is 2.48. The summed E-state index contributed by atoms with van der Waals surface area (Å²) in [5.74, 6) is 2.39. The second kappa shape index (κ2) is 7.66. The van der Waals surface area contributed by atoms with Crippen LogP contribution in [0.4, 0.5) is 0 Å². The van der Waals surface area contributed by atoms with Crippen LogP contribution in [-0.2, 0) is 0 Å². The fourth-order valence-corrected chi connectivity index (χ4v) is 3.04. The Bertz CT molecular complexity index is 442. The highest BCUT2D eigenvalue weighted by atomic mass is 16.5. The van der Waals surface area contributed by atoms with Crippen LogP contribution >= 0.6 is 0 Å². The Labute approximate surface area is 128 Å². The van der Waals surface area contributed by atoms with E-state index in [1.54, 1.807) is 14.2 Å². The fourth-order valence-electron chi connectivity index (χ4n) is 3.04. The minimum Gasteiger partial charge on any atom is -0.493 e. The average Bonchev–Trinajstić information content (AvgIpc) is 2.54. The number of ether oxygens (including phenoxy) is 2. The van der Waals surface area contributed by atoms with Gasteiger partial charge in [0.25, 0.3) is 0 Å². The lowest BCUT2D eigenvalue weighted by atomic mass is 9.94. The SMILES string of the molecule is CCC1CCN(CC(N)c2ccc(OC)c(OC)c2)CC1. The minimum atomic E-state index is 0.0167. The van der Waals surface area contributed by atoms with E-state index in [1.807, 2.05) is 18.2 Å². The third kappa shape index (κ3) is 4.11. The van der Waals surface area contributed by atoms with Crippen molar-refractivity contribution in [3.63, 3.8) is 0 Å². The monoisotopic (exact) mass is 292 g/mol. The predicted molar refractivity (Wildman–Crippen MR) is 85.9 cm³/mol. The van der Waals surface area contributed by atoms with Crippen molar-refractivity contribution in [2.75, 3.05) is 33.9 Å². The number of likely N-dealkylation sites (tertiary alicyclic amines) is 1. The molecule has 21 heavy (non-hydrogen) atoms. The topological polar surface area (TPSA) is 47.7 Å². The van der Waals surface area contributed by atoms with Gasteiger partial charge in [-0.2, -0.15) is 0 Å². The maximum atomic E-state index is 6.37. The zero-order valence-corrected chi connectivity index (χ0v) is 13.5. The molecular weight excluding hydrogens is 264 g/mol. The molecule has 1 aromatic carbocycles. The lowest BCUT2D eigenvalue weighted by Gasteiger charge is -2.33. The standard InChI is InChI=1S/C17H28N2O2/c1-4-13-7-9-19(10-8-13)12-15(18)14-5-6-16(20-2)17(11-14)21-3/h5-6,11,13,15H,4,7-10,12,18H2,1-3H3. The third-order valence-corrected chi connectivity index (χ3v) is 4.58. The molecule has 0 bridgehead atoms. The van der Waals surface area contributed by atoms with Crippen molar-refractivity contribution in [1.29, 1.82) is 0 Å². The van der Waals surface area contributed by atoms with Gasteiger partial charge in [0, 0.05) is 12.6 Å². The van der Waals surface area contributed by atoms with E-state index in [9.17, 15) is 0 Å². The largest absolute Gasteiger partial charge is 0.493 e. The molecule has 4 heteroatoms. The molecule has 0 aromatic heterocycles. The molecule has 0 aliphatic carbocycles. The summed E-state index contributed by atoms with van der Waals surface area (Å²) < 4.78 is 10.6. The lowest BCUT2D eigenvalue weighted by molar-refractivity contribution is 0.173. The highest BCUT2D eigenvalue weighted by Crippen LogP contribution is 2.30. The molecule has 2 N–H and O–H groups in total. The van der Waals surface area contributed by atoms with Crippen LogP contribution in [-0.4, -0.2) is 38.8 Å². The summed E-state index contributed by atoms with van der Waals surface area (Å²) >= 11 is 0. The average molecular weight is 292 g/mol. The van der Waals surface area contributed by atoms with Gasteiger partial charge in [0.1, 0.15) is 0 Å². The maximum absolute atomic E-state index is 6.37. The van der Waals surface area contributed by atoms with Crippen molar-refractivity contribution in [2.24, 2.45) is 11.7 Å². The van der Waals surface area contributed by atoms with Crippen molar-refractivity contribution in [3.8, 4) is 11.5 Å². The summed E-state index contributed by atoms with van der Waals surface area (Å²) in [7, 11) is 3.30. The second-order valence-corrected chi connectivity index (χ2v) is 5.87. The van der Waals surface area contributed by atoms with Crippen molar-refractivity contribution in [3.05, 3.63) is 23.8 Å². The van der Waals surface area contributed by atoms with Gasteiger partial charge >= 0.3 is 0 Å². The van der Waals surface area contributed by atoms with Gasteiger partial charge in [-0.05, 0) is 49.5 Å². The van der Waals surface area contributed by atoms with Crippen LogP contribution in [0.5, 0.6) is 11.5 Å². The van der Waals surface area contributed by atoms with Crippen LogP contribution in [0.15, 0.2) is 18.2 Å². The van der Waals surface area contributed by atoms with Crippen LogP contribution in [0.25, 0.3) is 0 Å². The molecule has 1 aliphatic heterocycles.